The van der Waals surface area contributed by atoms with Crippen molar-refractivity contribution in [2.75, 3.05) is 17.2 Å². The van der Waals surface area contributed by atoms with Gasteiger partial charge in [-0.05, 0) is 18.2 Å². The van der Waals surface area contributed by atoms with Gasteiger partial charge in [-0.2, -0.15) is 0 Å². The maximum Gasteiger partial charge on any atom is 0.335 e. The number of carboxylic acid groups (broad SMARTS) is 1. The second kappa shape index (κ2) is 4.17. The third kappa shape index (κ3) is 1.90. The Morgan fingerprint density at radius 1 is 1.44 bits per heavy atom. The van der Waals surface area contributed by atoms with Crippen molar-refractivity contribution in [2.45, 2.75) is 11.8 Å². The van der Waals surface area contributed by atoms with E-state index in [4.69, 9.17) is 5.11 Å². The van der Waals surface area contributed by atoms with Gasteiger partial charge in [-0.1, -0.05) is 0 Å². The topological polar surface area (TPSA) is 57.6 Å². The van der Waals surface area contributed by atoms with Crippen LogP contribution >= 0.6 is 11.8 Å². The van der Waals surface area contributed by atoms with Gasteiger partial charge in [-0.15, -0.1) is 11.8 Å². The highest BCUT2D eigenvalue weighted by atomic mass is 32.2. The molecule has 2 rings (SSSR count). The van der Waals surface area contributed by atoms with Crippen LogP contribution in [0, 0.1) is 0 Å². The number of carboxylic acids is 1. The molecular formula is C11H11NO3S. The molecule has 0 bridgehead atoms. The summed E-state index contributed by atoms with van der Waals surface area (Å²) in [5.41, 5.74) is 1.07. The number of carbonyl (C=O) groups is 2. The van der Waals surface area contributed by atoms with Crippen LogP contribution in [0.5, 0.6) is 0 Å². The van der Waals surface area contributed by atoms with Gasteiger partial charge in [0, 0.05) is 24.1 Å². The zero-order chi connectivity index (χ0) is 11.7. The van der Waals surface area contributed by atoms with Gasteiger partial charge in [-0.3, -0.25) is 4.79 Å². The van der Waals surface area contributed by atoms with Gasteiger partial charge in [-0.25, -0.2) is 4.79 Å². The Kier molecular flexibility index (Phi) is 2.87. The molecule has 0 saturated carbocycles. The summed E-state index contributed by atoms with van der Waals surface area (Å²) in [6.45, 7) is 2.20. The Hall–Kier alpha value is -1.49. The number of aromatic carboxylic acids is 1. The van der Waals surface area contributed by atoms with E-state index in [0.717, 1.165) is 16.3 Å². The number of hydrogen-bond donors (Lipinski definition) is 1. The number of benzene rings is 1. The highest BCUT2D eigenvalue weighted by Gasteiger charge is 2.21. The number of fused-ring (bicyclic) bond motifs is 1. The van der Waals surface area contributed by atoms with Gasteiger partial charge in [0.05, 0.1) is 11.3 Å². The van der Waals surface area contributed by atoms with Crippen molar-refractivity contribution in [3.05, 3.63) is 23.8 Å². The molecule has 0 aliphatic carbocycles. The van der Waals surface area contributed by atoms with E-state index >= 15 is 0 Å². The molecule has 0 aromatic heterocycles. The summed E-state index contributed by atoms with van der Waals surface area (Å²) in [4.78, 5) is 24.7. The van der Waals surface area contributed by atoms with E-state index in [2.05, 4.69) is 0 Å². The van der Waals surface area contributed by atoms with Crippen LogP contribution in [0.15, 0.2) is 23.1 Å². The summed E-state index contributed by atoms with van der Waals surface area (Å²) in [7, 11) is 0. The van der Waals surface area contributed by atoms with Crippen molar-refractivity contribution in [2.24, 2.45) is 0 Å². The molecule has 1 aromatic carbocycles. The Morgan fingerprint density at radius 3 is 2.81 bits per heavy atom. The smallest absolute Gasteiger partial charge is 0.335 e. The van der Waals surface area contributed by atoms with E-state index < -0.39 is 5.97 Å². The van der Waals surface area contributed by atoms with Crippen LogP contribution in [-0.2, 0) is 4.79 Å². The lowest BCUT2D eigenvalue weighted by molar-refractivity contribution is -0.116. The molecule has 1 aromatic rings. The van der Waals surface area contributed by atoms with Crippen molar-refractivity contribution in [1.82, 2.24) is 0 Å². The van der Waals surface area contributed by atoms with Gasteiger partial charge in [0.15, 0.2) is 0 Å². The van der Waals surface area contributed by atoms with Gasteiger partial charge in [0.1, 0.15) is 0 Å². The van der Waals surface area contributed by atoms with E-state index in [1.807, 2.05) is 0 Å². The molecule has 84 valence electrons. The lowest BCUT2D eigenvalue weighted by Crippen LogP contribution is -2.33. The molecule has 16 heavy (non-hydrogen) atoms. The summed E-state index contributed by atoms with van der Waals surface area (Å²) >= 11 is 1.58. The Bertz CT molecular complexity index is 459. The van der Waals surface area contributed by atoms with Crippen LogP contribution < -0.4 is 4.90 Å². The van der Waals surface area contributed by atoms with Crippen molar-refractivity contribution in [3.8, 4) is 0 Å². The van der Waals surface area contributed by atoms with Crippen LogP contribution in [0.25, 0.3) is 0 Å². The second-order valence-electron chi connectivity index (χ2n) is 3.51. The molecule has 1 aliphatic rings. The fourth-order valence-electron chi connectivity index (χ4n) is 1.68. The fraction of sp³-hybridized carbons (Fsp3) is 0.273. The minimum atomic E-state index is -0.941. The summed E-state index contributed by atoms with van der Waals surface area (Å²) in [6.07, 6.45) is 0. The Balaban J connectivity index is 2.44. The highest BCUT2D eigenvalue weighted by molar-refractivity contribution is 7.99. The third-order valence-corrected chi connectivity index (χ3v) is 3.47. The number of rotatable bonds is 1. The normalized spacial score (nSPS) is 14.4. The van der Waals surface area contributed by atoms with Gasteiger partial charge < -0.3 is 10.0 Å². The summed E-state index contributed by atoms with van der Waals surface area (Å²) in [5.74, 6) is -0.150. The van der Waals surface area contributed by atoms with Crippen molar-refractivity contribution >= 4 is 29.3 Å². The molecule has 0 unspecified atom stereocenters. The molecule has 0 spiro atoms. The minimum Gasteiger partial charge on any atom is -0.478 e. The zero-order valence-corrected chi connectivity index (χ0v) is 9.58. The lowest BCUT2D eigenvalue weighted by atomic mass is 10.2. The monoisotopic (exact) mass is 237 g/mol. The molecule has 4 nitrogen and oxygen atoms in total. The van der Waals surface area contributed by atoms with Gasteiger partial charge in [0.2, 0.25) is 5.91 Å². The number of hydrogen-bond acceptors (Lipinski definition) is 3. The van der Waals surface area contributed by atoms with Crippen molar-refractivity contribution < 1.29 is 14.7 Å². The molecule has 1 amide bonds. The number of amides is 1. The molecule has 0 radical (unpaired) electrons. The molecule has 0 atom stereocenters. The van der Waals surface area contributed by atoms with E-state index in [-0.39, 0.29) is 11.5 Å². The quantitative estimate of drug-likeness (QED) is 0.809. The minimum absolute atomic E-state index is 0.00961. The first-order chi connectivity index (χ1) is 7.59. The molecule has 1 heterocycles. The maximum atomic E-state index is 11.4. The molecular weight excluding hydrogens is 226 g/mol. The van der Waals surface area contributed by atoms with Crippen molar-refractivity contribution in [1.29, 1.82) is 0 Å². The largest absolute Gasteiger partial charge is 0.478 e. The predicted octanol–water partition coefficient (Wildman–Crippen LogP) is 1.84. The van der Waals surface area contributed by atoms with Crippen LogP contribution in [0.4, 0.5) is 5.69 Å². The zero-order valence-electron chi connectivity index (χ0n) is 8.77. The first-order valence-corrected chi connectivity index (χ1v) is 5.86. The van der Waals surface area contributed by atoms with Gasteiger partial charge in [0.25, 0.3) is 0 Å². The summed E-state index contributed by atoms with van der Waals surface area (Å²) in [6, 6.07) is 4.85. The molecule has 5 heteroatoms. The van der Waals surface area contributed by atoms with Gasteiger partial charge >= 0.3 is 5.97 Å². The molecule has 0 saturated heterocycles. The van der Waals surface area contributed by atoms with E-state index in [1.54, 1.807) is 28.8 Å². The standard InChI is InChI=1S/C11H11NO3S/c1-7(13)12-4-5-16-10-6-8(11(14)15)2-3-9(10)12/h2-3,6H,4-5H2,1H3,(H,14,15). The molecule has 1 aliphatic heterocycles. The number of carbonyl (C=O) groups excluding carboxylic acids is 1. The van der Waals surface area contributed by atoms with Crippen molar-refractivity contribution in [3.63, 3.8) is 0 Å². The van der Waals surface area contributed by atoms with Crippen LogP contribution in [0.3, 0.4) is 0 Å². The number of nitrogens with zero attached hydrogens (tertiary/aromatic N) is 1. The first-order valence-electron chi connectivity index (χ1n) is 4.88. The Morgan fingerprint density at radius 2 is 2.19 bits per heavy atom. The number of thioether (sulfide) groups is 1. The van der Waals surface area contributed by atoms with Crippen LogP contribution in [0.2, 0.25) is 0 Å². The second-order valence-corrected chi connectivity index (χ2v) is 4.64. The molecule has 0 fully saturated rings. The number of anilines is 1. The Labute approximate surface area is 97.3 Å². The third-order valence-electron chi connectivity index (χ3n) is 2.45. The lowest BCUT2D eigenvalue weighted by Gasteiger charge is -2.28. The summed E-state index contributed by atoms with van der Waals surface area (Å²) < 4.78 is 0. The highest BCUT2D eigenvalue weighted by Crippen LogP contribution is 2.35. The fourth-order valence-corrected chi connectivity index (χ4v) is 2.71. The average molecular weight is 237 g/mol. The maximum absolute atomic E-state index is 11.4. The van der Waals surface area contributed by atoms with Crippen LogP contribution in [-0.4, -0.2) is 29.3 Å². The van der Waals surface area contributed by atoms with E-state index in [9.17, 15) is 9.59 Å². The van der Waals surface area contributed by atoms with E-state index in [1.165, 1.54) is 13.0 Å². The first kappa shape index (κ1) is 11.0. The van der Waals surface area contributed by atoms with E-state index in [0.29, 0.717) is 6.54 Å². The SMILES string of the molecule is CC(=O)N1CCSc2cc(C(=O)O)ccc21. The predicted molar refractivity (Wildman–Crippen MR) is 62.2 cm³/mol. The molecule has 1 N–H and O–H groups in total. The summed E-state index contributed by atoms with van der Waals surface area (Å²) in [5, 5.41) is 8.87. The average Bonchev–Trinajstić information content (AvgIpc) is 2.27. The van der Waals surface area contributed by atoms with Crippen LogP contribution in [0.1, 0.15) is 17.3 Å².